The fourth-order valence-electron chi connectivity index (χ4n) is 0.564. The molecule has 0 aliphatic heterocycles. The van der Waals surface area contributed by atoms with E-state index in [2.05, 4.69) is 8.92 Å². The van der Waals surface area contributed by atoms with Crippen LogP contribution in [0.5, 0.6) is 0 Å². The summed E-state index contributed by atoms with van der Waals surface area (Å²) in [4.78, 5) is 10.7. The fraction of sp³-hybridized carbons (Fsp3) is 0.571. The summed E-state index contributed by atoms with van der Waals surface area (Å²) >= 11 is 0. The summed E-state index contributed by atoms with van der Waals surface area (Å²) in [6, 6.07) is 0. The maximum absolute atomic E-state index is 11.9. The second-order valence-corrected chi connectivity index (χ2v) is 4.01. The molecule has 0 bridgehead atoms. The van der Waals surface area contributed by atoms with Gasteiger partial charge in [0.2, 0.25) is 0 Å². The molecule has 0 aromatic rings. The van der Waals surface area contributed by atoms with Crippen LogP contribution in [0, 0.1) is 0 Å². The fourth-order valence-corrected chi connectivity index (χ4v) is 1.11. The Morgan fingerprint density at radius 3 is 2.19 bits per heavy atom. The van der Waals surface area contributed by atoms with Crippen molar-refractivity contribution in [2.75, 3.05) is 7.11 Å². The van der Waals surface area contributed by atoms with Crippen LogP contribution in [0.3, 0.4) is 0 Å². The Kier molecular flexibility index (Phi) is 4.79. The van der Waals surface area contributed by atoms with Gasteiger partial charge in [-0.1, -0.05) is 6.92 Å². The topological polar surface area (TPSA) is 69.7 Å². The van der Waals surface area contributed by atoms with Crippen molar-refractivity contribution in [3.05, 3.63) is 11.8 Å². The highest BCUT2D eigenvalue weighted by atomic mass is 32.2. The SMILES string of the molecule is CC/C(=C\C(=O)OC)OS(=O)(=O)C(F)(F)F. The van der Waals surface area contributed by atoms with Gasteiger partial charge in [-0.3, -0.25) is 0 Å². The van der Waals surface area contributed by atoms with Gasteiger partial charge in [-0.2, -0.15) is 21.6 Å². The van der Waals surface area contributed by atoms with Crippen molar-refractivity contribution in [1.82, 2.24) is 0 Å². The summed E-state index contributed by atoms with van der Waals surface area (Å²) in [5, 5.41) is 0. The van der Waals surface area contributed by atoms with Gasteiger partial charge in [0.15, 0.2) is 0 Å². The molecule has 0 unspecified atom stereocenters. The normalized spacial score (nSPS) is 13.4. The molecule has 0 fully saturated rings. The summed E-state index contributed by atoms with van der Waals surface area (Å²) in [5.41, 5.74) is -5.53. The van der Waals surface area contributed by atoms with Crippen LogP contribution in [0.2, 0.25) is 0 Å². The van der Waals surface area contributed by atoms with Gasteiger partial charge in [0.1, 0.15) is 5.76 Å². The van der Waals surface area contributed by atoms with Crippen molar-refractivity contribution in [2.45, 2.75) is 18.9 Å². The monoisotopic (exact) mass is 262 g/mol. The van der Waals surface area contributed by atoms with Crippen LogP contribution in [-0.4, -0.2) is 27.0 Å². The lowest BCUT2D eigenvalue weighted by Crippen LogP contribution is -2.25. The van der Waals surface area contributed by atoms with E-state index in [4.69, 9.17) is 0 Å². The molecule has 0 heterocycles. The van der Waals surface area contributed by atoms with Crippen LogP contribution in [0.4, 0.5) is 13.2 Å². The van der Waals surface area contributed by atoms with Crippen molar-refractivity contribution in [3.8, 4) is 0 Å². The molecule has 0 aromatic heterocycles. The standard InChI is InChI=1S/C7H9F3O5S/c1-3-5(4-6(11)14-2)15-16(12,13)7(8,9)10/h4H,3H2,1-2H3/b5-4+. The Bertz CT molecular complexity index is 381. The summed E-state index contributed by atoms with van der Waals surface area (Å²) in [5.74, 6) is -1.65. The number of methoxy groups -OCH3 is 1. The second-order valence-electron chi connectivity index (χ2n) is 2.47. The lowest BCUT2D eigenvalue weighted by atomic mass is 10.4. The molecule has 0 rings (SSSR count). The zero-order valence-corrected chi connectivity index (χ0v) is 9.18. The third-order valence-corrected chi connectivity index (χ3v) is 2.33. The first-order valence-corrected chi connectivity index (χ1v) is 5.34. The predicted octanol–water partition coefficient (Wildman–Crippen LogP) is 1.32. The molecule has 0 saturated heterocycles. The van der Waals surface area contributed by atoms with Crippen molar-refractivity contribution in [3.63, 3.8) is 0 Å². The van der Waals surface area contributed by atoms with E-state index in [1.807, 2.05) is 0 Å². The highest BCUT2D eigenvalue weighted by Crippen LogP contribution is 2.27. The summed E-state index contributed by atoms with van der Waals surface area (Å²) in [6.07, 6.45) is 0.327. The third-order valence-electron chi connectivity index (χ3n) is 1.33. The van der Waals surface area contributed by atoms with Crippen LogP contribution in [0.25, 0.3) is 0 Å². The first-order valence-electron chi connectivity index (χ1n) is 3.93. The number of carbonyl (C=O) groups excluding carboxylic acids is 1. The van der Waals surface area contributed by atoms with Crippen LogP contribution < -0.4 is 0 Å². The zero-order valence-electron chi connectivity index (χ0n) is 8.37. The smallest absolute Gasteiger partial charge is 0.466 e. The average Bonchev–Trinajstić information content (AvgIpc) is 2.14. The Morgan fingerprint density at radius 1 is 1.38 bits per heavy atom. The van der Waals surface area contributed by atoms with E-state index in [-0.39, 0.29) is 6.42 Å². The Morgan fingerprint density at radius 2 is 1.88 bits per heavy atom. The summed E-state index contributed by atoms with van der Waals surface area (Å²) in [7, 11) is -4.75. The number of allylic oxidation sites excluding steroid dienone is 1. The Hall–Kier alpha value is -1.25. The van der Waals surface area contributed by atoms with Gasteiger partial charge < -0.3 is 8.92 Å². The number of esters is 1. The number of hydrogen-bond donors (Lipinski definition) is 0. The molecule has 0 aliphatic carbocycles. The Balaban J connectivity index is 4.96. The van der Waals surface area contributed by atoms with Gasteiger partial charge in [0, 0.05) is 6.42 Å². The molecule has 9 heteroatoms. The number of halogens is 3. The maximum atomic E-state index is 11.9. The summed E-state index contributed by atoms with van der Waals surface area (Å²) < 4.78 is 64.6. The molecule has 5 nitrogen and oxygen atoms in total. The molecule has 16 heavy (non-hydrogen) atoms. The van der Waals surface area contributed by atoms with Crippen molar-refractivity contribution < 1.29 is 35.3 Å². The maximum Gasteiger partial charge on any atom is 0.534 e. The first kappa shape index (κ1) is 14.8. The quantitative estimate of drug-likeness (QED) is 0.251. The first-order chi connectivity index (χ1) is 7.14. The highest BCUT2D eigenvalue weighted by Gasteiger charge is 2.48. The molecular formula is C7H9F3O5S. The van der Waals surface area contributed by atoms with E-state index < -0.39 is 27.4 Å². The summed E-state index contributed by atoms with van der Waals surface area (Å²) in [6.45, 7) is 1.32. The third kappa shape index (κ3) is 4.09. The molecule has 0 radical (unpaired) electrons. The van der Waals surface area contributed by atoms with Gasteiger partial charge in [-0.25, -0.2) is 4.79 Å². The highest BCUT2D eigenvalue weighted by molar-refractivity contribution is 7.87. The average molecular weight is 262 g/mol. The van der Waals surface area contributed by atoms with E-state index in [0.717, 1.165) is 7.11 Å². The lowest BCUT2D eigenvalue weighted by Gasteiger charge is -2.10. The molecule has 0 aliphatic rings. The molecule has 94 valence electrons. The minimum absolute atomic E-state index is 0.204. The number of alkyl halides is 3. The van der Waals surface area contributed by atoms with Gasteiger partial charge in [-0.05, 0) is 0 Å². The van der Waals surface area contributed by atoms with Crippen LogP contribution >= 0.6 is 0 Å². The predicted molar refractivity (Wildman–Crippen MR) is 46.4 cm³/mol. The number of rotatable bonds is 4. The Labute approximate surface area is 90.0 Å². The lowest BCUT2D eigenvalue weighted by molar-refractivity contribution is -0.135. The molecule has 0 saturated carbocycles. The van der Waals surface area contributed by atoms with Crippen LogP contribution in [0.1, 0.15) is 13.3 Å². The molecule has 0 atom stereocenters. The number of carbonyl (C=O) groups is 1. The van der Waals surface area contributed by atoms with E-state index in [0.29, 0.717) is 6.08 Å². The zero-order chi connectivity index (χ0) is 13.0. The van der Waals surface area contributed by atoms with Crippen molar-refractivity contribution >= 4 is 16.1 Å². The molecule has 0 amide bonds. The van der Waals surface area contributed by atoms with Gasteiger partial charge >= 0.3 is 21.6 Å². The number of ether oxygens (including phenoxy) is 1. The minimum Gasteiger partial charge on any atom is -0.466 e. The van der Waals surface area contributed by atoms with Crippen molar-refractivity contribution in [2.24, 2.45) is 0 Å². The van der Waals surface area contributed by atoms with Crippen molar-refractivity contribution in [1.29, 1.82) is 0 Å². The van der Waals surface area contributed by atoms with Gasteiger partial charge in [-0.15, -0.1) is 0 Å². The molecule has 0 N–H and O–H groups in total. The molecular weight excluding hydrogens is 253 g/mol. The van der Waals surface area contributed by atoms with E-state index in [9.17, 15) is 26.4 Å². The molecule has 0 aromatic carbocycles. The molecule has 0 spiro atoms. The van der Waals surface area contributed by atoms with Crippen LogP contribution in [-0.2, 0) is 23.8 Å². The van der Waals surface area contributed by atoms with Crippen LogP contribution in [0.15, 0.2) is 11.8 Å². The number of hydrogen-bond acceptors (Lipinski definition) is 5. The van der Waals surface area contributed by atoms with E-state index in [1.165, 1.54) is 6.92 Å². The van der Waals surface area contributed by atoms with E-state index in [1.54, 1.807) is 0 Å². The second kappa shape index (κ2) is 5.19. The van der Waals surface area contributed by atoms with Gasteiger partial charge in [0.05, 0.1) is 13.2 Å². The van der Waals surface area contributed by atoms with E-state index >= 15 is 0 Å². The largest absolute Gasteiger partial charge is 0.534 e. The minimum atomic E-state index is -5.74. The van der Waals surface area contributed by atoms with Gasteiger partial charge in [0.25, 0.3) is 0 Å².